The van der Waals surface area contributed by atoms with Crippen molar-refractivity contribution < 1.29 is 4.92 Å². The molecule has 0 aromatic heterocycles. The van der Waals surface area contributed by atoms with Gasteiger partial charge >= 0.3 is 0 Å². The molecule has 0 unspecified atom stereocenters. The van der Waals surface area contributed by atoms with Crippen LogP contribution in [0.1, 0.15) is 11.1 Å². The summed E-state index contributed by atoms with van der Waals surface area (Å²) in [5, 5.41) is 18.6. The van der Waals surface area contributed by atoms with Crippen LogP contribution in [0, 0.1) is 15.5 Å². The van der Waals surface area contributed by atoms with E-state index in [0.29, 0.717) is 22.5 Å². The molecule has 0 saturated carbocycles. The second kappa shape index (κ2) is 4.77. The normalized spacial score (nSPS) is 10.1. The van der Waals surface area contributed by atoms with Crippen LogP contribution in [0.2, 0.25) is 0 Å². The van der Waals surface area contributed by atoms with Crippen LogP contribution in [0.4, 0.5) is 17.1 Å². The molecule has 0 amide bonds. The standard InChI is InChI=1S/C13H12N4O2/c14-9-3-6-12(15)11(7-9)13(16)8-1-4-10(5-2-8)17(18)19/h1-7,16H,14-15H2. The number of anilines is 2. The highest BCUT2D eigenvalue weighted by Crippen LogP contribution is 2.21. The molecule has 0 spiro atoms. The summed E-state index contributed by atoms with van der Waals surface area (Å²) in [6.07, 6.45) is 0. The van der Waals surface area contributed by atoms with Crippen LogP contribution in [0.5, 0.6) is 0 Å². The van der Waals surface area contributed by atoms with Crippen LogP contribution < -0.4 is 11.5 Å². The SMILES string of the molecule is N=C(c1ccc([N+](=O)[O-])cc1)c1cc(N)ccc1N. The Morgan fingerprint density at radius 2 is 1.74 bits per heavy atom. The number of nitro benzene ring substituents is 1. The van der Waals surface area contributed by atoms with Gasteiger partial charge in [0.1, 0.15) is 0 Å². The van der Waals surface area contributed by atoms with Crippen LogP contribution in [0.25, 0.3) is 0 Å². The third-order valence-electron chi connectivity index (χ3n) is 2.71. The summed E-state index contributed by atoms with van der Waals surface area (Å²) in [4.78, 5) is 10.1. The van der Waals surface area contributed by atoms with E-state index in [1.807, 2.05) is 0 Å². The summed E-state index contributed by atoms with van der Waals surface area (Å²) in [5.41, 5.74) is 13.6. The minimum atomic E-state index is -0.484. The first kappa shape index (κ1) is 12.6. The van der Waals surface area contributed by atoms with Gasteiger partial charge in [0.2, 0.25) is 0 Å². The van der Waals surface area contributed by atoms with Gasteiger partial charge in [0.25, 0.3) is 5.69 Å². The number of hydrogen-bond acceptors (Lipinski definition) is 5. The van der Waals surface area contributed by atoms with Crippen LogP contribution in [-0.2, 0) is 0 Å². The first-order valence-corrected chi connectivity index (χ1v) is 5.48. The Bertz CT molecular complexity index is 650. The highest BCUT2D eigenvalue weighted by molar-refractivity contribution is 6.14. The maximum absolute atomic E-state index is 10.6. The molecule has 2 aromatic rings. The minimum Gasteiger partial charge on any atom is -0.399 e. The molecule has 0 aliphatic heterocycles. The van der Waals surface area contributed by atoms with Gasteiger partial charge in [0.05, 0.1) is 10.6 Å². The second-order valence-corrected chi connectivity index (χ2v) is 4.03. The fourth-order valence-corrected chi connectivity index (χ4v) is 1.70. The molecule has 96 valence electrons. The number of nitrogens with one attached hydrogen (secondary N) is 1. The van der Waals surface area contributed by atoms with E-state index in [1.165, 1.54) is 24.3 Å². The number of nitro groups is 1. The number of nitrogens with zero attached hydrogens (tertiary/aromatic N) is 1. The topological polar surface area (TPSA) is 119 Å². The van der Waals surface area contributed by atoms with E-state index >= 15 is 0 Å². The first-order valence-electron chi connectivity index (χ1n) is 5.48. The van der Waals surface area contributed by atoms with E-state index in [1.54, 1.807) is 18.2 Å². The molecule has 6 heteroatoms. The molecule has 5 N–H and O–H groups in total. The highest BCUT2D eigenvalue weighted by Gasteiger charge is 2.11. The molecule has 0 aliphatic rings. The van der Waals surface area contributed by atoms with E-state index in [0.717, 1.165) is 0 Å². The van der Waals surface area contributed by atoms with Gasteiger partial charge in [-0.15, -0.1) is 0 Å². The zero-order valence-electron chi connectivity index (χ0n) is 9.96. The zero-order chi connectivity index (χ0) is 14.0. The minimum absolute atomic E-state index is 0.0166. The number of hydrogen-bond donors (Lipinski definition) is 3. The van der Waals surface area contributed by atoms with Gasteiger partial charge in [-0.1, -0.05) is 0 Å². The lowest BCUT2D eigenvalue weighted by atomic mass is 10.0. The van der Waals surface area contributed by atoms with Crippen LogP contribution >= 0.6 is 0 Å². The largest absolute Gasteiger partial charge is 0.399 e. The van der Waals surface area contributed by atoms with Crippen molar-refractivity contribution in [2.45, 2.75) is 0 Å². The van der Waals surface area contributed by atoms with E-state index < -0.39 is 4.92 Å². The average Bonchev–Trinajstić information content (AvgIpc) is 2.41. The van der Waals surface area contributed by atoms with Crippen molar-refractivity contribution in [3.8, 4) is 0 Å². The number of non-ortho nitro benzene ring substituents is 1. The molecular weight excluding hydrogens is 244 g/mol. The fraction of sp³-hybridized carbons (Fsp3) is 0. The van der Waals surface area contributed by atoms with E-state index in [4.69, 9.17) is 16.9 Å². The molecule has 0 saturated heterocycles. The molecule has 0 aliphatic carbocycles. The molecule has 19 heavy (non-hydrogen) atoms. The predicted octanol–water partition coefficient (Wildman–Crippen LogP) is 2.18. The number of nitrogens with two attached hydrogens (primary N) is 2. The Morgan fingerprint density at radius 1 is 1.11 bits per heavy atom. The molecule has 0 bridgehead atoms. The van der Waals surface area contributed by atoms with Crippen molar-refractivity contribution in [2.75, 3.05) is 11.5 Å². The van der Waals surface area contributed by atoms with Gasteiger partial charge in [-0.2, -0.15) is 0 Å². The van der Waals surface area contributed by atoms with Crippen molar-refractivity contribution in [1.29, 1.82) is 5.41 Å². The Kier molecular flexibility index (Phi) is 3.15. The summed E-state index contributed by atoms with van der Waals surface area (Å²) in [6.45, 7) is 0. The van der Waals surface area contributed by atoms with Crippen LogP contribution in [0.3, 0.4) is 0 Å². The maximum Gasteiger partial charge on any atom is 0.269 e. The average molecular weight is 256 g/mol. The Hall–Kier alpha value is -2.89. The summed E-state index contributed by atoms with van der Waals surface area (Å²) in [6, 6.07) is 10.6. The summed E-state index contributed by atoms with van der Waals surface area (Å²) >= 11 is 0. The summed E-state index contributed by atoms with van der Waals surface area (Å²) in [5.74, 6) is 0. The van der Waals surface area contributed by atoms with Gasteiger partial charge in [-0.3, -0.25) is 15.5 Å². The van der Waals surface area contributed by atoms with E-state index in [2.05, 4.69) is 0 Å². The monoisotopic (exact) mass is 256 g/mol. The van der Waals surface area contributed by atoms with E-state index in [-0.39, 0.29) is 11.4 Å². The third kappa shape index (κ3) is 2.52. The van der Waals surface area contributed by atoms with Gasteiger partial charge in [0, 0.05) is 34.6 Å². The van der Waals surface area contributed by atoms with Gasteiger partial charge in [0.15, 0.2) is 0 Å². The first-order chi connectivity index (χ1) is 8.99. The van der Waals surface area contributed by atoms with Crippen molar-refractivity contribution in [1.82, 2.24) is 0 Å². The molecule has 6 nitrogen and oxygen atoms in total. The quantitative estimate of drug-likeness (QED) is 0.337. The van der Waals surface area contributed by atoms with Crippen molar-refractivity contribution in [3.63, 3.8) is 0 Å². The molecule has 2 rings (SSSR count). The zero-order valence-corrected chi connectivity index (χ0v) is 9.96. The van der Waals surface area contributed by atoms with Crippen LogP contribution in [-0.4, -0.2) is 10.6 Å². The lowest BCUT2D eigenvalue weighted by molar-refractivity contribution is -0.384. The Morgan fingerprint density at radius 3 is 2.32 bits per heavy atom. The molecule has 0 atom stereocenters. The number of rotatable bonds is 3. The molecular formula is C13H12N4O2. The lowest BCUT2D eigenvalue weighted by Gasteiger charge is -2.08. The van der Waals surface area contributed by atoms with Crippen molar-refractivity contribution in [3.05, 3.63) is 63.7 Å². The third-order valence-corrected chi connectivity index (χ3v) is 2.71. The highest BCUT2D eigenvalue weighted by atomic mass is 16.6. The van der Waals surface area contributed by atoms with Crippen molar-refractivity contribution >= 4 is 22.8 Å². The fourth-order valence-electron chi connectivity index (χ4n) is 1.70. The Balaban J connectivity index is 2.38. The Labute approximate surface area is 109 Å². The maximum atomic E-state index is 10.6. The van der Waals surface area contributed by atoms with Crippen LogP contribution in [0.15, 0.2) is 42.5 Å². The smallest absolute Gasteiger partial charge is 0.269 e. The summed E-state index contributed by atoms with van der Waals surface area (Å²) < 4.78 is 0. The van der Waals surface area contributed by atoms with Gasteiger partial charge in [-0.05, 0) is 30.3 Å². The van der Waals surface area contributed by atoms with E-state index in [9.17, 15) is 10.1 Å². The molecule has 0 heterocycles. The van der Waals surface area contributed by atoms with Gasteiger partial charge in [-0.25, -0.2) is 0 Å². The second-order valence-electron chi connectivity index (χ2n) is 4.03. The predicted molar refractivity (Wildman–Crippen MR) is 74.3 cm³/mol. The van der Waals surface area contributed by atoms with Crippen molar-refractivity contribution in [2.24, 2.45) is 0 Å². The summed E-state index contributed by atoms with van der Waals surface area (Å²) in [7, 11) is 0. The number of benzene rings is 2. The van der Waals surface area contributed by atoms with Gasteiger partial charge < -0.3 is 11.5 Å². The molecule has 0 radical (unpaired) electrons. The lowest BCUT2D eigenvalue weighted by Crippen LogP contribution is -2.06. The molecule has 0 fully saturated rings. The molecule has 2 aromatic carbocycles. The number of nitrogen functional groups attached to an aromatic ring is 2.